The third kappa shape index (κ3) is 2.80. The summed E-state index contributed by atoms with van der Waals surface area (Å²) in [6.45, 7) is 0.165. The van der Waals surface area contributed by atoms with Gasteiger partial charge in [-0.3, -0.25) is 9.59 Å². The molecule has 0 bridgehead atoms. The molecule has 0 fully saturated rings. The third-order valence-electron chi connectivity index (χ3n) is 5.04. The number of carbonyl (C=O) groups is 1. The zero-order valence-electron chi connectivity index (χ0n) is 15.0. The summed E-state index contributed by atoms with van der Waals surface area (Å²) in [6, 6.07) is 13.9. The molecule has 0 aliphatic carbocycles. The second-order valence-electron chi connectivity index (χ2n) is 6.82. The number of aromatic hydroxyl groups is 1. The summed E-state index contributed by atoms with van der Waals surface area (Å²) in [6.07, 6.45) is 1.53. The number of carbonyl (C=O) groups excluding carboxylic acids is 1. The van der Waals surface area contributed by atoms with Crippen molar-refractivity contribution in [2.45, 2.75) is 12.6 Å². The van der Waals surface area contributed by atoms with E-state index in [-0.39, 0.29) is 29.0 Å². The molecule has 29 heavy (non-hydrogen) atoms. The number of phenols is 1. The molecule has 2 aromatic carbocycles. The highest BCUT2D eigenvalue weighted by atomic mass is 35.5. The van der Waals surface area contributed by atoms with Crippen LogP contribution in [0.25, 0.3) is 11.0 Å². The van der Waals surface area contributed by atoms with Crippen LogP contribution in [-0.2, 0) is 6.54 Å². The van der Waals surface area contributed by atoms with E-state index >= 15 is 0 Å². The molecular weight excluding hydrogens is 394 g/mol. The number of benzene rings is 2. The maximum Gasteiger partial charge on any atom is 0.291 e. The van der Waals surface area contributed by atoms with E-state index in [1.807, 2.05) is 0 Å². The molecule has 1 unspecified atom stereocenters. The van der Waals surface area contributed by atoms with Gasteiger partial charge in [0.05, 0.1) is 29.8 Å². The van der Waals surface area contributed by atoms with Gasteiger partial charge in [0.1, 0.15) is 17.1 Å². The van der Waals surface area contributed by atoms with Crippen molar-refractivity contribution in [3.63, 3.8) is 0 Å². The molecule has 3 heterocycles. The lowest BCUT2D eigenvalue weighted by Crippen LogP contribution is -2.29. The molecule has 144 valence electrons. The van der Waals surface area contributed by atoms with Crippen molar-refractivity contribution in [1.82, 2.24) is 4.90 Å². The Morgan fingerprint density at radius 2 is 1.86 bits per heavy atom. The molecule has 2 aromatic heterocycles. The Morgan fingerprint density at radius 3 is 2.59 bits per heavy atom. The highest BCUT2D eigenvalue weighted by Gasteiger charge is 2.43. The molecule has 7 heteroatoms. The highest BCUT2D eigenvalue weighted by molar-refractivity contribution is 6.31. The van der Waals surface area contributed by atoms with Gasteiger partial charge < -0.3 is 18.8 Å². The first kappa shape index (κ1) is 17.6. The number of fused-ring (bicyclic) bond motifs is 2. The summed E-state index contributed by atoms with van der Waals surface area (Å²) in [4.78, 5) is 28.1. The molecule has 1 aliphatic rings. The van der Waals surface area contributed by atoms with Gasteiger partial charge >= 0.3 is 0 Å². The minimum Gasteiger partial charge on any atom is -0.508 e. The Balaban J connectivity index is 1.75. The van der Waals surface area contributed by atoms with Crippen molar-refractivity contribution in [2.24, 2.45) is 0 Å². The summed E-state index contributed by atoms with van der Waals surface area (Å²) in [5.74, 6) is 0.279. The molecule has 0 saturated heterocycles. The SMILES string of the molecule is O=C1c2oc3ccc(Cl)cc3c(=O)c2C(c2ccc(O)cc2)N1Cc1ccco1. The van der Waals surface area contributed by atoms with Crippen LogP contribution in [0.4, 0.5) is 0 Å². The van der Waals surface area contributed by atoms with Gasteiger partial charge in [-0.2, -0.15) is 0 Å². The predicted octanol–water partition coefficient (Wildman–Crippen LogP) is 4.49. The van der Waals surface area contributed by atoms with E-state index in [1.165, 1.54) is 29.4 Å². The first-order valence-corrected chi connectivity index (χ1v) is 9.29. The molecule has 5 rings (SSSR count). The molecule has 6 nitrogen and oxygen atoms in total. The summed E-state index contributed by atoms with van der Waals surface area (Å²) >= 11 is 6.07. The fourth-order valence-electron chi connectivity index (χ4n) is 3.73. The van der Waals surface area contributed by atoms with Crippen LogP contribution in [0.3, 0.4) is 0 Å². The number of hydrogen-bond donors (Lipinski definition) is 1. The number of furan rings is 1. The van der Waals surface area contributed by atoms with Crippen molar-refractivity contribution in [1.29, 1.82) is 0 Å². The van der Waals surface area contributed by atoms with Crippen LogP contribution in [-0.4, -0.2) is 15.9 Å². The first-order valence-electron chi connectivity index (χ1n) is 8.91. The van der Waals surface area contributed by atoms with Crippen LogP contribution in [0, 0.1) is 0 Å². The van der Waals surface area contributed by atoms with Crippen LogP contribution in [0.15, 0.2) is 74.5 Å². The summed E-state index contributed by atoms with van der Waals surface area (Å²) in [5, 5.41) is 10.4. The third-order valence-corrected chi connectivity index (χ3v) is 5.28. The monoisotopic (exact) mass is 407 g/mol. The first-order chi connectivity index (χ1) is 14.0. The van der Waals surface area contributed by atoms with Gasteiger partial charge in [0.15, 0.2) is 5.43 Å². The second kappa shape index (κ2) is 6.53. The van der Waals surface area contributed by atoms with E-state index in [0.717, 1.165) is 0 Å². The Hall–Kier alpha value is -3.51. The van der Waals surface area contributed by atoms with Crippen molar-refractivity contribution < 1.29 is 18.7 Å². The quantitative estimate of drug-likeness (QED) is 0.541. The van der Waals surface area contributed by atoms with Gasteiger partial charge in [-0.1, -0.05) is 23.7 Å². The van der Waals surface area contributed by atoms with Crippen LogP contribution >= 0.6 is 11.6 Å². The maximum absolute atomic E-state index is 13.3. The maximum atomic E-state index is 13.3. The van der Waals surface area contributed by atoms with E-state index in [0.29, 0.717) is 27.3 Å². The molecule has 4 aromatic rings. The van der Waals surface area contributed by atoms with Crippen molar-refractivity contribution >= 4 is 28.5 Å². The fourth-order valence-corrected chi connectivity index (χ4v) is 3.90. The van der Waals surface area contributed by atoms with Crippen molar-refractivity contribution in [3.8, 4) is 5.75 Å². The van der Waals surface area contributed by atoms with Crippen LogP contribution < -0.4 is 5.43 Å². The van der Waals surface area contributed by atoms with Gasteiger partial charge in [-0.15, -0.1) is 0 Å². The summed E-state index contributed by atoms with van der Waals surface area (Å²) in [7, 11) is 0. The number of hydrogen-bond acceptors (Lipinski definition) is 5. The Labute approximate surface area is 169 Å². The van der Waals surface area contributed by atoms with Crippen LogP contribution in [0.1, 0.15) is 33.5 Å². The van der Waals surface area contributed by atoms with E-state index in [1.54, 1.807) is 36.4 Å². The minimum atomic E-state index is -0.678. The number of nitrogens with zero attached hydrogens (tertiary/aromatic N) is 1. The average molecular weight is 408 g/mol. The summed E-state index contributed by atoms with van der Waals surface area (Å²) in [5.41, 5.74) is 0.921. The highest BCUT2D eigenvalue weighted by Crippen LogP contribution is 2.39. The Morgan fingerprint density at radius 1 is 1.07 bits per heavy atom. The lowest BCUT2D eigenvalue weighted by Gasteiger charge is -2.24. The number of rotatable bonds is 3. The Bertz CT molecular complexity index is 1290. The molecule has 1 amide bonds. The lowest BCUT2D eigenvalue weighted by molar-refractivity contribution is 0.0701. The van der Waals surface area contributed by atoms with Gasteiger partial charge in [-0.25, -0.2) is 0 Å². The van der Waals surface area contributed by atoms with Crippen molar-refractivity contribution in [2.75, 3.05) is 0 Å². The standard InChI is InChI=1S/C22H14ClNO5/c23-13-5-8-17-16(10-13)20(26)18-19(12-3-6-14(25)7-4-12)24(22(27)21(18)29-17)11-15-2-1-9-28-15/h1-10,19,25H,11H2. The minimum absolute atomic E-state index is 0.00875. The van der Waals surface area contributed by atoms with E-state index in [2.05, 4.69) is 0 Å². The normalized spacial score (nSPS) is 15.8. The lowest BCUT2D eigenvalue weighted by atomic mass is 9.98. The van der Waals surface area contributed by atoms with E-state index in [4.69, 9.17) is 20.4 Å². The zero-order chi connectivity index (χ0) is 20.1. The van der Waals surface area contributed by atoms with Gasteiger partial charge in [0.2, 0.25) is 5.76 Å². The number of phenolic OH excluding ortho intramolecular Hbond substituents is 1. The molecule has 0 saturated carbocycles. The van der Waals surface area contributed by atoms with Gasteiger partial charge in [0, 0.05) is 5.02 Å². The predicted molar refractivity (Wildman–Crippen MR) is 106 cm³/mol. The second-order valence-corrected chi connectivity index (χ2v) is 7.26. The fraction of sp³-hybridized carbons (Fsp3) is 0.0909. The Kier molecular flexibility index (Phi) is 3.96. The van der Waals surface area contributed by atoms with Gasteiger partial charge in [-0.05, 0) is 48.0 Å². The molecule has 0 radical (unpaired) electrons. The molecule has 1 N–H and O–H groups in total. The summed E-state index contributed by atoms with van der Waals surface area (Å²) < 4.78 is 11.3. The molecule has 1 aliphatic heterocycles. The zero-order valence-corrected chi connectivity index (χ0v) is 15.7. The van der Waals surface area contributed by atoms with E-state index in [9.17, 15) is 14.7 Å². The number of amides is 1. The van der Waals surface area contributed by atoms with Crippen LogP contribution in [0.2, 0.25) is 5.02 Å². The topological polar surface area (TPSA) is 83.9 Å². The smallest absolute Gasteiger partial charge is 0.291 e. The average Bonchev–Trinajstić information content (AvgIpc) is 3.32. The largest absolute Gasteiger partial charge is 0.508 e. The molecule has 0 spiro atoms. The molecule has 1 atom stereocenters. The van der Waals surface area contributed by atoms with Crippen LogP contribution in [0.5, 0.6) is 5.75 Å². The molecular formula is C22H14ClNO5. The van der Waals surface area contributed by atoms with Crippen molar-refractivity contribution in [3.05, 3.63) is 98.8 Å². The van der Waals surface area contributed by atoms with E-state index < -0.39 is 11.9 Å². The van der Waals surface area contributed by atoms with Gasteiger partial charge in [0.25, 0.3) is 5.91 Å². The number of halogens is 1.